The number of ether oxygens (including phenoxy) is 2. The SMILES string of the molecule is COc1ccc(C(=O)Nc2cc([N+](=O)[O-])ccc2C)cc1COc1ccc2ccccc2c1. The molecule has 166 valence electrons. The number of non-ortho nitro benzene ring substituents is 1. The van der Waals surface area contributed by atoms with E-state index in [0.29, 0.717) is 28.3 Å². The van der Waals surface area contributed by atoms with Crippen molar-refractivity contribution in [3.05, 3.63) is 106 Å². The number of hydrogen-bond donors (Lipinski definition) is 1. The molecule has 0 spiro atoms. The van der Waals surface area contributed by atoms with Crippen LogP contribution in [-0.2, 0) is 6.61 Å². The topological polar surface area (TPSA) is 90.7 Å². The lowest BCUT2D eigenvalue weighted by Crippen LogP contribution is -2.14. The lowest BCUT2D eigenvalue weighted by atomic mass is 10.1. The number of hydrogen-bond acceptors (Lipinski definition) is 5. The quantitative estimate of drug-likeness (QED) is 0.284. The Hall–Kier alpha value is -4.39. The standard InChI is InChI=1S/C26H22N2O5/c1-17-7-10-22(28(30)31)15-24(17)27-26(29)20-9-12-25(32-2)21(13-20)16-33-23-11-8-18-5-3-4-6-19(18)14-23/h3-15H,16H2,1-2H3,(H,27,29). The fourth-order valence-corrected chi connectivity index (χ4v) is 3.50. The highest BCUT2D eigenvalue weighted by Crippen LogP contribution is 2.26. The Morgan fingerprint density at radius 1 is 0.970 bits per heavy atom. The molecule has 0 bridgehead atoms. The first-order valence-electron chi connectivity index (χ1n) is 10.3. The second-order valence-electron chi connectivity index (χ2n) is 7.53. The molecule has 33 heavy (non-hydrogen) atoms. The molecule has 4 aromatic rings. The number of nitro groups is 1. The minimum absolute atomic E-state index is 0.0879. The number of anilines is 1. The fourth-order valence-electron chi connectivity index (χ4n) is 3.50. The molecule has 0 atom stereocenters. The van der Waals surface area contributed by atoms with E-state index in [4.69, 9.17) is 9.47 Å². The molecule has 0 aliphatic rings. The van der Waals surface area contributed by atoms with Gasteiger partial charge in [-0.25, -0.2) is 0 Å². The molecule has 4 aromatic carbocycles. The van der Waals surface area contributed by atoms with Gasteiger partial charge >= 0.3 is 0 Å². The molecule has 4 rings (SSSR count). The maximum atomic E-state index is 12.9. The Balaban J connectivity index is 1.54. The van der Waals surface area contributed by atoms with Gasteiger partial charge in [-0.15, -0.1) is 0 Å². The molecule has 0 saturated heterocycles. The Morgan fingerprint density at radius 2 is 1.76 bits per heavy atom. The first kappa shape index (κ1) is 21.8. The summed E-state index contributed by atoms with van der Waals surface area (Å²) in [7, 11) is 1.56. The summed E-state index contributed by atoms with van der Waals surface area (Å²) in [4.78, 5) is 23.4. The molecule has 0 fully saturated rings. The number of carbonyl (C=O) groups excluding carboxylic acids is 1. The molecule has 1 N–H and O–H groups in total. The number of nitrogens with zero attached hydrogens (tertiary/aromatic N) is 1. The van der Waals surface area contributed by atoms with Gasteiger partial charge in [0.1, 0.15) is 18.1 Å². The van der Waals surface area contributed by atoms with Gasteiger partial charge in [0.15, 0.2) is 0 Å². The van der Waals surface area contributed by atoms with E-state index in [9.17, 15) is 14.9 Å². The van der Waals surface area contributed by atoms with Crippen molar-refractivity contribution in [3.63, 3.8) is 0 Å². The van der Waals surface area contributed by atoms with E-state index in [0.717, 1.165) is 16.3 Å². The molecule has 0 unspecified atom stereocenters. The maximum Gasteiger partial charge on any atom is 0.271 e. The molecule has 0 aromatic heterocycles. The van der Waals surface area contributed by atoms with Gasteiger partial charge in [-0.2, -0.15) is 0 Å². The van der Waals surface area contributed by atoms with Crippen LogP contribution in [0.25, 0.3) is 10.8 Å². The van der Waals surface area contributed by atoms with Crippen LogP contribution in [0.4, 0.5) is 11.4 Å². The number of methoxy groups -OCH3 is 1. The third kappa shape index (κ3) is 4.93. The maximum absolute atomic E-state index is 12.9. The van der Waals surface area contributed by atoms with Gasteiger partial charge in [0.25, 0.3) is 11.6 Å². The van der Waals surface area contributed by atoms with Gasteiger partial charge in [0, 0.05) is 23.3 Å². The molecule has 1 amide bonds. The molecule has 0 radical (unpaired) electrons. The molecule has 0 aliphatic heterocycles. The van der Waals surface area contributed by atoms with Gasteiger partial charge in [0.05, 0.1) is 17.7 Å². The van der Waals surface area contributed by atoms with Crippen LogP contribution >= 0.6 is 0 Å². The summed E-state index contributed by atoms with van der Waals surface area (Å²) < 4.78 is 11.4. The van der Waals surface area contributed by atoms with E-state index in [1.54, 1.807) is 38.3 Å². The molecule has 0 saturated carbocycles. The summed E-state index contributed by atoms with van der Waals surface area (Å²) in [5.41, 5.74) is 2.12. The zero-order valence-electron chi connectivity index (χ0n) is 18.2. The summed E-state index contributed by atoms with van der Waals surface area (Å²) in [6.07, 6.45) is 0. The van der Waals surface area contributed by atoms with E-state index in [-0.39, 0.29) is 18.2 Å². The van der Waals surface area contributed by atoms with Gasteiger partial charge in [-0.3, -0.25) is 14.9 Å². The van der Waals surface area contributed by atoms with Crippen LogP contribution in [0.1, 0.15) is 21.5 Å². The number of nitrogens with one attached hydrogen (secondary N) is 1. The lowest BCUT2D eigenvalue weighted by Gasteiger charge is -2.13. The van der Waals surface area contributed by atoms with Crippen LogP contribution in [-0.4, -0.2) is 17.9 Å². The second-order valence-corrected chi connectivity index (χ2v) is 7.53. The Morgan fingerprint density at radius 3 is 2.52 bits per heavy atom. The van der Waals surface area contributed by atoms with Crippen molar-refractivity contribution in [3.8, 4) is 11.5 Å². The van der Waals surface area contributed by atoms with E-state index >= 15 is 0 Å². The first-order chi connectivity index (χ1) is 15.9. The minimum atomic E-state index is -0.495. The number of carbonyl (C=O) groups is 1. The number of benzene rings is 4. The van der Waals surface area contributed by atoms with Gasteiger partial charge < -0.3 is 14.8 Å². The Kier molecular flexibility index (Phi) is 6.22. The van der Waals surface area contributed by atoms with Gasteiger partial charge in [-0.05, 0) is 53.6 Å². The average Bonchev–Trinajstić information content (AvgIpc) is 2.83. The van der Waals surface area contributed by atoms with Crippen LogP contribution in [0.2, 0.25) is 0 Å². The lowest BCUT2D eigenvalue weighted by molar-refractivity contribution is -0.384. The Bertz CT molecular complexity index is 1350. The molecule has 0 aliphatic carbocycles. The van der Waals surface area contributed by atoms with Crippen molar-refractivity contribution in [1.29, 1.82) is 0 Å². The van der Waals surface area contributed by atoms with Gasteiger partial charge in [0.2, 0.25) is 0 Å². The Labute approximate surface area is 190 Å². The highest BCUT2D eigenvalue weighted by atomic mass is 16.6. The fraction of sp³-hybridized carbons (Fsp3) is 0.115. The van der Waals surface area contributed by atoms with Gasteiger partial charge in [-0.1, -0.05) is 36.4 Å². The zero-order valence-corrected chi connectivity index (χ0v) is 18.2. The van der Waals surface area contributed by atoms with Crippen LogP contribution in [0, 0.1) is 17.0 Å². The summed E-state index contributed by atoms with van der Waals surface area (Å²) in [5.74, 6) is 0.921. The zero-order chi connectivity index (χ0) is 23.4. The number of amides is 1. The number of rotatable bonds is 7. The summed E-state index contributed by atoms with van der Waals surface area (Å²) in [6, 6.07) is 23.3. The molecular weight excluding hydrogens is 420 g/mol. The van der Waals surface area contributed by atoms with Crippen LogP contribution in [0.3, 0.4) is 0 Å². The van der Waals surface area contributed by atoms with Crippen molar-refractivity contribution in [2.75, 3.05) is 12.4 Å². The first-order valence-corrected chi connectivity index (χ1v) is 10.3. The largest absolute Gasteiger partial charge is 0.496 e. The molecular formula is C26H22N2O5. The average molecular weight is 442 g/mol. The van der Waals surface area contributed by atoms with E-state index in [2.05, 4.69) is 5.32 Å². The van der Waals surface area contributed by atoms with Crippen molar-refractivity contribution in [1.82, 2.24) is 0 Å². The highest BCUT2D eigenvalue weighted by molar-refractivity contribution is 6.05. The predicted octanol–water partition coefficient (Wildman–Crippen LogP) is 5.90. The third-order valence-corrected chi connectivity index (χ3v) is 5.34. The van der Waals surface area contributed by atoms with Crippen molar-refractivity contribution in [2.24, 2.45) is 0 Å². The summed E-state index contributed by atoms with van der Waals surface area (Å²) in [5, 5.41) is 16.0. The van der Waals surface area contributed by atoms with Crippen molar-refractivity contribution in [2.45, 2.75) is 13.5 Å². The smallest absolute Gasteiger partial charge is 0.271 e. The molecule has 0 heterocycles. The van der Waals surface area contributed by atoms with Crippen molar-refractivity contribution < 1.29 is 19.2 Å². The van der Waals surface area contributed by atoms with Crippen molar-refractivity contribution >= 4 is 28.1 Å². The third-order valence-electron chi connectivity index (χ3n) is 5.34. The van der Waals surface area contributed by atoms with E-state index < -0.39 is 4.92 Å². The van der Waals surface area contributed by atoms with E-state index in [1.807, 2.05) is 42.5 Å². The minimum Gasteiger partial charge on any atom is -0.496 e. The normalized spacial score (nSPS) is 10.6. The summed E-state index contributed by atoms with van der Waals surface area (Å²) >= 11 is 0. The molecule has 7 nitrogen and oxygen atoms in total. The number of nitro benzene ring substituents is 1. The number of fused-ring (bicyclic) bond motifs is 1. The van der Waals surface area contributed by atoms with Crippen LogP contribution < -0.4 is 14.8 Å². The predicted molar refractivity (Wildman–Crippen MR) is 127 cm³/mol. The number of aryl methyl sites for hydroxylation is 1. The van der Waals surface area contributed by atoms with Crippen LogP contribution in [0.15, 0.2) is 78.9 Å². The van der Waals surface area contributed by atoms with E-state index in [1.165, 1.54) is 12.1 Å². The highest BCUT2D eigenvalue weighted by Gasteiger charge is 2.15. The van der Waals surface area contributed by atoms with Crippen LogP contribution in [0.5, 0.6) is 11.5 Å². The molecule has 7 heteroatoms. The monoisotopic (exact) mass is 442 g/mol. The summed E-state index contributed by atoms with van der Waals surface area (Å²) in [6.45, 7) is 1.98. The second kappa shape index (κ2) is 9.40.